The van der Waals surface area contributed by atoms with Crippen molar-refractivity contribution < 1.29 is 19.8 Å². The van der Waals surface area contributed by atoms with Crippen LogP contribution in [-0.2, 0) is 11.3 Å². The maximum Gasteiger partial charge on any atom is 0.345 e. The highest BCUT2D eigenvalue weighted by Crippen LogP contribution is 2.19. The lowest BCUT2D eigenvalue weighted by molar-refractivity contribution is -0.133. The van der Waals surface area contributed by atoms with E-state index < -0.39 is 5.97 Å². The van der Waals surface area contributed by atoms with Crippen LogP contribution < -0.4 is 0 Å². The van der Waals surface area contributed by atoms with Gasteiger partial charge >= 0.3 is 5.97 Å². The number of hydrogen-bond donors (Lipinski definition) is 2. The second-order valence-corrected chi connectivity index (χ2v) is 5.87. The number of aromatic carboxylic acids is 1. The van der Waals surface area contributed by atoms with Crippen LogP contribution in [0.5, 0.6) is 0 Å². The van der Waals surface area contributed by atoms with E-state index in [4.69, 9.17) is 10.2 Å². The first-order valence-electron chi connectivity index (χ1n) is 6.53. The Balaban J connectivity index is 1.82. The zero-order chi connectivity index (χ0) is 14.5. The van der Waals surface area contributed by atoms with Gasteiger partial charge in [0.2, 0.25) is 5.91 Å². The van der Waals surface area contributed by atoms with Crippen molar-refractivity contribution in [2.45, 2.75) is 13.0 Å². The number of rotatable bonds is 5. The van der Waals surface area contributed by atoms with Gasteiger partial charge in [0.25, 0.3) is 0 Å². The minimum absolute atomic E-state index is 0.00330. The smallest absolute Gasteiger partial charge is 0.345 e. The summed E-state index contributed by atoms with van der Waals surface area (Å²) in [5.74, 6) is -0.892. The Labute approximate surface area is 121 Å². The normalized spacial score (nSPS) is 16.4. The van der Waals surface area contributed by atoms with Gasteiger partial charge in [0.15, 0.2) is 0 Å². The summed E-state index contributed by atoms with van der Waals surface area (Å²) in [6, 6.07) is 3.47. The maximum atomic E-state index is 11.6. The second kappa shape index (κ2) is 6.83. The molecule has 0 unspecified atom stereocenters. The molecule has 2 N–H and O–H groups in total. The summed E-state index contributed by atoms with van der Waals surface area (Å²) in [7, 11) is 0. The molecule has 0 radical (unpaired) electrons. The molecule has 0 spiro atoms. The highest BCUT2D eigenvalue weighted by Gasteiger charge is 2.21. The Morgan fingerprint density at radius 1 is 1.20 bits per heavy atom. The van der Waals surface area contributed by atoms with Crippen molar-refractivity contribution in [1.29, 1.82) is 0 Å². The molecule has 1 aromatic rings. The fourth-order valence-corrected chi connectivity index (χ4v) is 3.10. The molecule has 1 saturated heterocycles. The zero-order valence-corrected chi connectivity index (χ0v) is 11.9. The highest BCUT2D eigenvalue weighted by molar-refractivity contribution is 7.13. The molecule has 1 fully saturated rings. The Morgan fingerprint density at radius 2 is 1.90 bits per heavy atom. The maximum absolute atomic E-state index is 11.6. The van der Waals surface area contributed by atoms with Gasteiger partial charge in [-0.05, 0) is 12.1 Å². The summed E-state index contributed by atoms with van der Waals surface area (Å²) in [4.78, 5) is 27.8. The number of nitrogens with zero attached hydrogens (tertiary/aromatic N) is 2. The number of carbonyl (C=O) groups excluding carboxylic acids is 1. The predicted molar refractivity (Wildman–Crippen MR) is 74.8 cm³/mol. The lowest BCUT2D eigenvalue weighted by Gasteiger charge is -2.34. The van der Waals surface area contributed by atoms with Crippen LogP contribution in [0.1, 0.15) is 21.0 Å². The third-order valence-corrected chi connectivity index (χ3v) is 4.36. The van der Waals surface area contributed by atoms with Crippen LogP contribution in [-0.4, -0.2) is 64.7 Å². The molecule has 0 atom stereocenters. The van der Waals surface area contributed by atoms with Crippen LogP contribution in [0.4, 0.5) is 0 Å². The minimum Gasteiger partial charge on any atom is -0.477 e. The topological polar surface area (TPSA) is 81.1 Å². The molecule has 0 aromatic carbocycles. The molecule has 0 aliphatic carbocycles. The van der Waals surface area contributed by atoms with E-state index in [9.17, 15) is 9.59 Å². The third-order valence-electron chi connectivity index (χ3n) is 3.30. The first kappa shape index (κ1) is 15.0. The van der Waals surface area contributed by atoms with Gasteiger partial charge in [0.1, 0.15) is 4.88 Å². The number of aliphatic hydroxyl groups is 1. The summed E-state index contributed by atoms with van der Waals surface area (Å²) < 4.78 is 0. The van der Waals surface area contributed by atoms with E-state index in [1.807, 2.05) is 6.07 Å². The third kappa shape index (κ3) is 3.78. The molecule has 20 heavy (non-hydrogen) atoms. The average molecular weight is 298 g/mol. The van der Waals surface area contributed by atoms with Gasteiger partial charge in [-0.1, -0.05) is 0 Å². The number of hydrogen-bond acceptors (Lipinski definition) is 5. The predicted octanol–water partition coefficient (Wildman–Crippen LogP) is 0.473. The Hall–Kier alpha value is -1.44. The highest BCUT2D eigenvalue weighted by atomic mass is 32.1. The first-order valence-corrected chi connectivity index (χ1v) is 7.35. The molecule has 1 aromatic heterocycles. The minimum atomic E-state index is -0.888. The van der Waals surface area contributed by atoms with E-state index in [1.54, 1.807) is 11.0 Å². The molecule has 6 nitrogen and oxygen atoms in total. The molecular formula is C13H18N2O4S. The van der Waals surface area contributed by atoms with Gasteiger partial charge in [0.05, 0.1) is 6.61 Å². The van der Waals surface area contributed by atoms with E-state index in [0.29, 0.717) is 18.0 Å². The van der Waals surface area contributed by atoms with Crippen LogP contribution in [0.3, 0.4) is 0 Å². The number of carboxylic acid groups (broad SMARTS) is 1. The van der Waals surface area contributed by atoms with Crippen LogP contribution in [0.2, 0.25) is 0 Å². The zero-order valence-electron chi connectivity index (χ0n) is 11.1. The van der Waals surface area contributed by atoms with E-state index in [1.165, 1.54) is 11.3 Å². The molecule has 2 heterocycles. The summed E-state index contributed by atoms with van der Waals surface area (Å²) in [6.07, 6.45) is 0.187. The first-order chi connectivity index (χ1) is 9.60. The average Bonchev–Trinajstić information content (AvgIpc) is 2.88. The Bertz CT molecular complexity index is 480. The van der Waals surface area contributed by atoms with E-state index >= 15 is 0 Å². The van der Waals surface area contributed by atoms with Gasteiger partial charge in [-0.25, -0.2) is 4.79 Å². The lowest BCUT2D eigenvalue weighted by atomic mass is 10.2. The molecule has 1 aliphatic rings. The number of piperazine rings is 1. The summed E-state index contributed by atoms with van der Waals surface area (Å²) >= 11 is 1.30. The summed E-state index contributed by atoms with van der Waals surface area (Å²) in [6.45, 7) is 3.49. The molecule has 1 aliphatic heterocycles. The van der Waals surface area contributed by atoms with Gasteiger partial charge in [0, 0.05) is 44.0 Å². The molecule has 2 rings (SSSR count). The van der Waals surface area contributed by atoms with Crippen molar-refractivity contribution in [3.05, 3.63) is 21.9 Å². The molecule has 7 heteroatoms. The van der Waals surface area contributed by atoms with E-state index in [0.717, 1.165) is 24.5 Å². The summed E-state index contributed by atoms with van der Waals surface area (Å²) in [5, 5.41) is 17.6. The quantitative estimate of drug-likeness (QED) is 0.826. The van der Waals surface area contributed by atoms with Crippen LogP contribution >= 0.6 is 11.3 Å². The van der Waals surface area contributed by atoms with Crippen LogP contribution in [0.25, 0.3) is 0 Å². The van der Waals surface area contributed by atoms with Gasteiger partial charge in [-0.15, -0.1) is 11.3 Å². The van der Waals surface area contributed by atoms with Gasteiger partial charge < -0.3 is 15.1 Å². The van der Waals surface area contributed by atoms with Crippen molar-refractivity contribution >= 4 is 23.2 Å². The number of thiophene rings is 1. The number of amides is 1. The standard InChI is InChI=1S/C13H18N2O4S/c16-8-3-12(17)15-6-4-14(5-7-15)9-10-1-2-11(20-10)13(18)19/h1-2,16H,3-9H2,(H,18,19). The van der Waals surface area contributed by atoms with Crippen molar-refractivity contribution in [2.24, 2.45) is 0 Å². The van der Waals surface area contributed by atoms with Gasteiger partial charge in [-0.2, -0.15) is 0 Å². The van der Waals surface area contributed by atoms with E-state index in [-0.39, 0.29) is 18.9 Å². The largest absolute Gasteiger partial charge is 0.477 e. The van der Waals surface area contributed by atoms with Crippen molar-refractivity contribution in [3.63, 3.8) is 0 Å². The Kier molecular flexibility index (Phi) is 5.11. The Morgan fingerprint density at radius 3 is 2.45 bits per heavy atom. The second-order valence-electron chi connectivity index (χ2n) is 4.70. The number of carbonyl (C=O) groups is 2. The molecule has 110 valence electrons. The fourth-order valence-electron chi connectivity index (χ4n) is 2.21. The fraction of sp³-hybridized carbons (Fsp3) is 0.538. The van der Waals surface area contributed by atoms with Crippen LogP contribution in [0.15, 0.2) is 12.1 Å². The SMILES string of the molecule is O=C(O)c1ccc(CN2CCN(C(=O)CCO)CC2)s1. The monoisotopic (exact) mass is 298 g/mol. The number of carboxylic acids is 1. The van der Waals surface area contributed by atoms with E-state index in [2.05, 4.69) is 4.90 Å². The molecule has 0 saturated carbocycles. The molecule has 0 bridgehead atoms. The summed E-state index contributed by atoms with van der Waals surface area (Å²) in [5.41, 5.74) is 0. The van der Waals surface area contributed by atoms with Crippen LogP contribution in [0, 0.1) is 0 Å². The van der Waals surface area contributed by atoms with Crippen molar-refractivity contribution in [2.75, 3.05) is 32.8 Å². The lowest BCUT2D eigenvalue weighted by Crippen LogP contribution is -2.48. The molecule has 1 amide bonds. The molecular weight excluding hydrogens is 280 g/mol. The number of aliphatic hydroxyl groups excluding tert-OH is 1. The van der Waals surface area contributed by atoms with Crippen molar-refractivity contribution in [1.82, 2.24) is 9.80 Å². The van der Waals surface area contributed by atoms with Crippen molar-refractivity contribution in [3.8, 4) is 0 Å². The van der Waals surface area contributed by atoms with Gasteiger partial charge in [-0.3, -0.25) is 9.69 Å².